The van der Waals surface area contributed by atoms with Gasteiger partial charge in [-0.05, 0) is 6.92 Å². The van der Waals surface area contributed by atoms with E-state index in [1.54, 1.807) is 6.92 Å². The third kappa shape index (κ3) is 7.56. The summed E-state index contributed by atoms with van der Waals surface area (Å²) in [5.41, 5.74) is 0. The molecule has 1 heterocycles. The minimum Gasteiger partial charge on any atom is -0.388 e. The molecule has 0 bridgehead atoms. The zero-order chi connectivity index (χ0) is 17.1. The van der Waals surface area contributed by atoms with Gasteiger partial charge in [-0.3, -0.25) is 0 Å². The van der Waals surface area contributed by atoms with Crippen molar-refractivity contribution >= 4 is 0 Å². The number of hydrogen-bond acceptors (Lipinski definition) is 8. The Labute approximate surface area is 136 Å². The van der Waals surface area contributed by atoms with E-state index in [1.165, 1.54) is 0 Å². The van der Waals surface area contributed by atoms with Gasteiger partial charge in [0.25, 0.3) is 0 Å². The fourth-order valence-corrected chi connectivity index (χ4v) is 1.95. The average molecular weight is 334 g/mol. The maximum Gasteiger partial charge on any atom is 0.186 e. The summed E-state index contributed by atoms with van der Waals surface area (Å²) in [4.78, 5) is 0. The molecule has 0 spiro atoms. The highest BCUT2D eigenvalue weighted by Crippen LogP contribution is 2.21. The molecule has 0 amide bonds. The molecule has 5 atom stereocenters. The van der Waals surface area contributed by atoms with Crippen molar-refractivity contribution in [3.8, 4) is 12.3 Å². The van der Waals surface area contributed by atoms with Crippen LogP contribution < -0.4 is 0 Å². The topological polar surface area (TPSA) is 107 Å². The smallest absolute Gasteiger partial charge is 0.186 e. The van der Waals surface area contributed by atoms with E-state index < -0.39 is 30.7 Å². The summed E-state index contributed by atoms with van der Waals surface area (Å²) < 4.78 is 26.2. The van der Waals surface area contributed by atoms with Gasteiger partial charge >= 0.3 is 0 Å². The SMILES string of the molecule is C#CCOCCOCCOCCOC1O[C@@H](C)[C@@H](O)[C@@H](O)[C@@H]1O. The number of terminal acetylenes is 1. The van der Waals surface area contributed by atoms with E-state index in [-0.39, 0.29) is 19.8 Å². The van der Waals surface area contributed by atoms with Crippen molar-refractivity contribution in [2.24, 2.45) is 0 Å². The van der Waals surface area contributed by atoms with Gasteiger partial charge in [-0.1, -0.05) is 5.92 Å². The highest BCUT2D eigenvalue weighted by molar-refractivity contribution is 4.87. The van der Waals surface area contributed by atoms with Gasteiger partial charge in [0.15, 0.2) is 6.29 Å². The van der Waals surface area contributed by atoms with E-state index in [0.29, 0.717) is 26.4 Å². The van der Waals surface area contributed by atoms with Gasteiger partial charge in [0, 0.05) is 0 Å². The molecule has 0 aromatic carbocycles. The van der Waals surface area contributed by atoms with E-state index in [4.69, 9.17) is 30.1 Å². The second-order valence-electron chi connectivity index (χ2n) is 5.03. The molecule has 0 aliphatic carbocycles. The van der Waals surface area contributed by atoms with E-state index in [9.17, 15) is 15.3 Å². The molecule has 1 rings (SSSR count). The summed E-state index contributed by atoms with van der Waals surface area (Å²) in [6, 6.07) is 0. The summed E-state index contributed by atoms with van der Waals surface area (Å²) in [5, 5.41) is 28.9. The molecule has 1 unspecified atom stereocenters. The van der Waals surface area contributed by atoms with Crippen molar-refractivity contribution in [2.45, 2.75) is 37.6 Å². The zero-order valence-corrected chi connectivity index (χ0v) is 13.3. The Morgan fingerprint density at radius 3 is 2.04 bits per heavy atom. The molecule has 23 heavy (non-hydrogen) atoms. The molecule has 3 N–H and O–H groups in total. The third-order valence-electron chi connectivity index (χ3n) is 3.25. The van der Waals surface area contributed by atoms with Gasteiger partial charge in [0.1, 0.15) is 24.9 Å². The number of hydrogen-bond donors (Lipinski definition) is 3. The summed E-state index contributed by atoms with van der Waals surface area (Å²) >= 11 is 0. The molecule has 1 fully saturated rings. The van der Waals surface area contributed by atoms with E-state index in [1.807, 2.05) is 0 Å². The fraction of sp³-hybridized carbons (Fsp3) is 0.867. The van der Waals surface area contributed by atoms with Crippen LogP contribution in [0.4, 0.5) is 0 Å². The molecular weight excluding hydrogens is 308 g/mol. The predicted octanol–water partition coefficient (Wildman–Crippen LogP) is -1.49. The van der Waals surface area contributed by atoms with E-state index in [0.717, 1.165) is 0 Å². The van der Waals surface area contributed by atoms with Gasteiger partial charge in [-0.15, -0.1) is 6.42 Å². The van der Waals surface area contributed by atoms with Gasteiger partial charge in [0.2, 0.25) is 0 Å². The standard InChI is InChI=1S/C15H26O8/c1-3-4-19-5-6-20-7-8-21-9-10-22-15-14(18)13(17)12(16)11(2)23-15/h1,11-18H,4-10H2,2H3/t11-,12+,13+,14-,15?/m0/s1. The van der Waals surface area contributed by atoms with Crippen LogP contribution in [0.5, 0.6) is 0 Å². The highest BCUT2D eigenvalue weighted by Gasteiger charge is 2.42. The van der Waals surface area contributed by atoms with Crippen molar-refractivity contribution in [3.63, 3.8) is 0 Å². The predicted molar refractivity (Wildman–Crippen MR) is 79.6 cm³/mol. The van der Waals surface area contributed by atoms with E-state index in [2.05, 4.69) is 5.92 Å². The molecule has 0 aromatic rings. The van der Waals surface area contributed by atoms with Crippen LogP contribution >= 0.6 is 0 Å². The van der Waals surface area contributed by atoms with Crippen LogP contribution in [0.3, 0.4) is 0 Å². The maximum atomic E-state index is 9.74. The van der Waals surface area contributed by atoms with E-state index >= 15 is 0 Å². The fourth-order valence-electron chi connectivity index (χ4n) is 1.95. The summed E-state index contributed by atoms with van der Waals surface area (Å²) in [5.74, 6) is 2.36. The molecular formula is C15H26O8. The highest BCUT2D eigenvalue weighted by atomic mass is 16.7. The molecule has 134 valence electrons. The summed E-state index contributed by atoms with van der Waals surface area (Å²) in [6.07, 6.45) is -0.318. The molecule has 0 radical (unpaired) electrons. The summed E-state index contributed by atoms with van der Waals surface area (Å²) in [6.45, 7) is 4.04. The molecule has 1 aliphatic rings. The van der Waals surface area contributed by atoms with Crippen molar-refractivity contribution in [2.75, 3.05) is 46.2 Å². The lowest BCUT2D eigenvalue weighted by atomic mass is 10.0. The number of aliphatic hydroxyl groups is 3. The minimum atomic E-state index is -1.30. The lowest BCUT2D eigenvalue weighted by Crippen LogP contribution is -2.57. The molecule has 8 heteroatoms. The normalized spacial score (nSPS) is 31.0. The van der Waals surface area contributed by atoms with Gasteiger partial charge in [-0.25, -0.2) is 0 Å². The Kier molecular flexibility index (Phi) is 10.3. The molecule has 8 nitrogen and oxygen atoms in total. The quantitative estimate of drug-likeness (QED) is 0.310. The van der Waals surface area contributed by atoms with Crippen molar-refractivity contribution in [1.29, 1.82) is 0 Å². The average Bonchev–Trinajstić information content (AvgIpc) is 2.55. The second kappa shape index (κ2) is 11.7. The molecule has 1 aliphatic heterocycles. The van der Waals surface area contributed by atoms with Crippen LogP contribution in [0.25, 0.3) is 0 Å². The first-order valence-corrected chi connectivity index (χ1v) is 7.56. The largest absolute Gasteiger partial charge is 0.388 e. The Hall–Kier alpha value is -0.760. The van der Waals surface area contributed by atoms with Crippen molar-refractivity contribution in [3.05, 3.63) is 0 Å². The van der Waals surface area contributed by atoms with Crippen LogP contribution in [0.15, 0.2) is 0 Å². The third-order valence-corrected chi connectivity index (χ3v) is 3.25. The van der Waals surface area contributed by atoms with Crippen molar-refractivity contribution in [1.82, 2.24) is 0 Å². The van der Waals surface area contributed by atoms with Gasteiger partial charge in [0.05, 0.1) is 45.7 Å². The summed E-state index contributed by atoms with van der Waals surface area (Å²) in [7, 11) is 0. The molecule has 0 saturated carbocycles. The number of aliphatic hydroxyl groups excluding tert-OH is 3. The van der Waals surface area contributed by atoms with Gasteiger partial charge < -0.3 is 39.0 Å². The Morgan fingerprint density at radius 1 is 0.870 bits per heavy atom. The first kappa shape index (κ1) is 20.3. The Bertz CT molecular complexity index is 345. The molecule has 0 aromatic heterocycles. The Morgan fingerprint density at radius 2 is 1.43 bits per heavy atom. The van der Waals surface area contributed by atoms with Crippen LogP contribution in [0.1, 0.15) is 6.92 Å². The van der Waals surface area contributed by atoms with Crippen LogP contribution in [0.2, 0.25) is 0 Å². The van der Waals surface area contributed by atoms with Crippen molar-refractivity contribution < 1.29 is 39.0 Å². The maximum absolute atomic E-state index is 9.74. The monoisotopic (exact) mass is 334 g/mol. The first-order valence-electron chi connectivity index (χ1n) is 7.56. The van der Waals surface area contributed by atoms with Crippen LogP contribution in [0, 0.1) is 12.3 Å². The lowest BCUT2D eigenvalue weighted by Gasteiger charge is -2.38. The van der Waals surface area contributed by atoms with Crippen LogP contribution in [-0.2, 0) is 23.7 Å². The number of rotatable bonds is 11. The number of ether oxygens (including phenoxy) is 5. The zero-order valence-electron chi connectivity index (χ0n) is 13.3. The minimum absolute atomic E-state index is 0.183. The lowest BCUT2D eigenvalue weighted by molar-refractivity contribution is -0.294. The second-order valence-corrected chi connectivity index (χ2v) is 5.03. The van der Waals surface area contributed by atoms with Crippen LogP contribution in [-0.4, -0.2) is 92.3 Å². The Balaban J connectivity index is 1.98. The van der Waals surface area contributed by atoms with Gasteiger partial charge in [-0.2, -0.15) is 0 Å². The first-order chi connectivity index (χ1) is 11.1. The molecule has 1 saturated heterocycles.